The van der Waals surface area contributed by atoms with Crippen LogP contribution in [0.2, 0.25) is 0 Å². The molecule has 3 heterocycles. The Balaban J connectivity index is 1.56. The zero-order valence-corrected chi connectivity index (χ0v) is 15.9. The Labute approximate surface area is 166 Å². The number of carbonyl (C=O) groups excluding carboxylic acids is 2. The first-order chi connectivity index (χ1) is 14.0. The molecular formula is C21H18N4O4. The van der Waals surface area contributed by atoms with Crippen LogP contribution in [0.1, 0.15) is 33.5 Å². The third kappa shape index (κ3) is 3.73. The molecule has 146 valence electrons. The van der Waals surface area contributed by atoms with Crippen LogP contribution in [0.5, 0.6) is 0 Å². The highest BCUT2D eigenvalue weighted by molar-refractivity contribution is 6.03. The van der Waals surface area contributed by atoms with Gasteiger partial charge in [-0.15, -0.1) is 0 Å². The lowest BCUT2D eigenvalue weighted by Gasteiger charge is -2.07. The summed E-state index contributed by atoms with van der Waals surface area (Å²) in [6, 6.07) is 13.5. The molecule has 0 fully saturated rings. The lowest BCUT2D eigenvalue weighted by atomic mass is 10.2. The van der Waals surface area contributed by atoms with Gasteiger partial charge in [-0.05, 0) is 56.3 Å². The predicted molar refractivity (Wildman–Crippen MR) is 106 cm³/mol. The number of anilines is 1. The maximum absolute atomic E-state index is 12.7. The van der Waals surface area contributed by atoms with Crippen molar-refractivity contribution >= 4 is 23.2 Å². The van der Waals surface area contributed by atoms with Gasteiger partial charge in [-0.2, -0.15) is 5.10 Å². The molecule has 1 amide bonds. The van der Waals surface area contributed by atoms with Crippen molar-refractivity contribution in [3.05, 3.63) is 71.7 Å². The number of benzene rings is 1. The van der Waals surface area contributed by atoms with Gasteiger partial charge < -0.3 is 14.5 Å². The number of fused-ring (bicyclic) bond motifs is 1. The van der Waals surface area contributed by atoms with Crippen LogP contribution >= 0.6 is 0 Å². The van der Waals surface area contributed by atoms with E-state index in [1.54, 1.807) is 60.2 Å². The van der Waals surface area contributed by atoms with Gasteiger partial charge in [0.25, 0.3) is 5.91 Å². The summed E-state index contributed by atoms with van der Waals surface area (Å²) in [5, 5.41) is 7.25. The minimum atomic E-state index is -0.402. The average molecular weight is 390 g/mol. The zero-order valence-electron chi connectivity index (χ0n) is 15.9. The highest BCUT2D eigenvalue weighted by Gasteiger charge is 2.15. The van der Waals surface area contributed by atoms with Gasteiger partial charge in [0.05, 0.1) is 18.4 Å². The van der Waals surface area contributed by atoms with E-state index in [0.717, 1.165) is 5.69 Å². The Morgan fingerprint density at radius 3 is 2.66 bits per heavy atom. The highest BCUT2D eigenvalue weighted by atomic mass is 16.5. The smallest absolute Gasteiger partial charge is 0.338 e. The predicted octanol–water partition coefficient (Wildman–Crippen LogP) is 3.73. The quantitative estimate of drug-likeness (QED) is 0.522. The lowest BCUT2D eigenvalue weighted by molar-refractivity contribution is 0.0526. The van der Waals surface area contributed by atoms with Crippen molar-refractivity contribution in [1.29, 1.82) is 0 Å². The molecule has 1 aromatic carbocycles. The Morgan fingerprint density at radius 1 is 1.17 bits per heavy atom. The maximum Gasteiger partial charge on any atom is 0.338 e. The molecule has 0 saturated carbocycles. The largest absolute Gasteiger partial charge is 0.463 e. The first kappa shape index (κ1) is 18.4. The summed E-state index contributed by atoms with van der Waals surface area (Å²) in [6.07, 6.45) is 1.58. The summed E-state index contributed by atoms with van der Waals surface area (Å²) in [6.45, 7) is 3.90. The van der Waals surface area contributed by atoms with Gasteiger partial charge in [0.2, 0.25) is 0 Å². The molecule has 0 unspecified atom stereocenters. The molecule has 0 aliphatic rings. The van der Waals surface area contributed by atoms with Crippen LogP contribution in [0.15, 0.2) is 59.2 Å². The normalized spacial score (nSPS) is 10.8. The SMILES string of the molecule is CCOC(=O)c1ccc(NC(=O)c2cc(C)n3nc(-c4ccco4)cc3n2)cc1. The molecule has 0 aliphatic heterocycles. The summed E-state index contributed by atoms with van der Waals surface area (Å²) in [7, 11) is 0. The van der Waals surface area contributed by atoms with E-state index in [-0.39, 0.29) is 11.6 Å². The number of furan rings is 1. The average Bonchev–Trinajstić information content (AvgIpc) is 3.38. The molecule has 4 rings (SSSR count). The number of hydrogen-bond acceptors (Lipinski definition) is 6. The maximum atomic E-state index is 12.7. The third-order valence-electron chi connectivity index (χ3n) is 4.27. The zero-order chi connectivity index (χ0) is 20.4. The van der Waals surface area contributed by atoms with Crippen molar-refractivity contribution in [2.45, 2.75) is 13.8 Å². The molecular weight excluding hydrogens is 372 g/mol. The van der Waals surface area contributed by atoms with Crippen LogP contribution in [0.3, 0.4) is 0 Å². The van der Waals surface area contributed by atoms with Crippen LogP contribution in [0.4, 0.5) is 5.69 Å². The molecule has 0 atom stereocenters. The van der Waals surface area contributed by atoms with E-state index in [1.165, 1.54) is 0 Å². The van der Waals surface area contributed by atoms with Crippen molar-refractivity contribution in [3.63, 3.8) is 0 Å². The minimum Gasteiger partial charge on any atom is -0.463 e. The fourth-order valence-electron chi connectivity index (χ4n) is 2.89. The van der Waals surface area contributed by atoms with Gasteiger partial charge in [0.1, 0.15) is 11.4 Å². The van der Waals surface area contributed by atoms with Crippen LogP contribution in [-0.2, 0) is 4.74 Å². The Morgan fingerprint density at radius 2 is 1.97 bits per heavy atom. The number of carbonyl (C=O) groups is 2. The molecule has 0 radical (unpaired) electrons. The van der Waals surface area contributed by atoms with E-state index in [2.05, 4.69) is 15.4 Å². The van der Waals surface area contributed by atoms with Gasteiger partial charge in [0.15, 0.2) is 11.4 Å². The number of aromatic nitrogens is 3. The summed E-state index contributed by atoms with van der Waals surface area (Å²) in [4.78, 5) is 28.8. The third-order valence-corrected chi connectivity index (χ3v) is 4.27. The van der Waals surface area contributed by atoms with E-state index in [9.17, 15) is 9.59 Å². The van der Waals surface area contributed by atoms with E-state index < -0.39 is 5.97 Å². The van der Waals surface area contributed by atoms with Gasteiger partial charge in [-0.25, -0.2) is 14.3 Å². The van der Waals surface area contributed by atoms with Crippen molar-refractivity contribution < 1.29 is 18.7 Å². The summed E-state index contributed by atoms with van der Waals surface area (Å²) in [5.41, 5.74) is 3.17. The standard InChI is InChI=1S/C21H18N4O4/c1-3-28-21(27)14-6-8-15(9-7-14)22-20(26)17-11-13(2)25-19(23-17)12-16(24-25)18-5-4-10-29-18/h4-12H,3H2,1-2H3,(H,22,26). The second-order valence-electron chi connectivity index (χ2n) is 6.31. The summed E-state index contributed by atoms with van der Waals surface area (Å²) >= 11 is 0. The van der Waals surface area contributed by atoms with Gasteiger partial charge >= 0.3 is 5.97 Å². The molecule has 0 aliphatic carbocycles. The second-order valence-corrected chi connectivity index (χ2v) is 6.31. The molecule has 1 N–H and O–H groups in total. The van der Waals surface area contributed by atoms with E-state index in [0.29, 0.717) is 35.0 Å². The van der Waals surface area contributed by atoms with Gasteiger partial charge in [0, 0.05) is 17.4 Å². The highest BCUT2D eigenvalue weighted by Crippen LogP contribution is 2.21. The number of esters is 1. The van der Waals surface area contributed by atoms with Crippen molar-refractivity contribution in [2.75, 3.05) is 11.9 Å². The fraction of sp³-hybridized carbons (Fsp3) is 0.143. The Hall–Kier alpha value is -3.94. The van der Waals surface area contributed by atoms with E-state index in [4.69, 9.17) is 9.15 Å². The molecule has 8 nitrogen and oxygen atoms in total. The first-order valence-corrected chi connectivity index (χ1v) is 9.05. The number of rotatable bonds is 5. The second kappa shape index (κ2) is 7.59. The van der Waals surface area contributed by atoms with Crippen LogP contribution in [-0.4, -0.2) is 33.1 Å². The number of amides is 1. The molecule has 3 aromatic heterocycles. The van der Waals surface area contributed by atoms with E-state index in [1.807, 2.05) is 13.0 Å². The van der Waals surface area contributed by atoms with E-state index >= 15 is 0 Å². The lowest BCUT2D eigenvalue weighted by Crippen LogP contribution is -2.15. The topological polar surface area (TPSA) is 98.7 Å². The molecule has 29 heavy (non-hydrogen) atoms. The van der Waals surface area contributed by atoms with Crippen molar-refractivity contribution in [3.8, 4) is 11.5 Å². The number of nitrogens with zero attached hydrogens (tertiary/aromatic N) is 3. The monoisotopic (exact) mass is 390 g/mol. The van der Waals surface area contributed by atoms with Crippen LogP contribution in [0, 0.1) is 6.92 Å². The molecule has 8 heteroatoms. The Kier molecular flexibility index (Phi) is 4.82. The summed E-state index contributed by atoms with van der Waals surface area (Å²) < 4.78 is 12.0. The molecule has 0 saturated heterocycles. The molecule has 0 spiro atoms. The van der Waals surface area contributed by atoms with Crippen LogP contribution in [0.25, 0.3) is 17.1 Å². The molecule has 4 aromatic rings. The van der Waals surface area contributed by atoms with Gasteiger partial charge in [-0.3, -0.25) is 4.79 Å². The summed E-state index contributed by atoms with van der Waals surface area (Å²) in [5.74, 6) is -0.135. The number of ether oxygens (including phenoxy) is 1. The van der Waals surface area contributed by atoms with Gasteiger partial charge in [-0.1, -0.05) is 0 Å². The fourth-order valence-corrected chi connectivity index (χ4v) is 2.89. The first-order valence-electron chi connectivity index (χ1n) is 9.05. The van der Waals surface area contributed by atoms with Crippen molar-refractivity contribution in [2.24, 2.45) is 0 Å². The minimum absolute atomic E-state index is 0.260. The van der Waals surface area contributed by atoms with Crippen molar-refractivity contribution in [1.82, 2.24) is 14.6 Å². The van der Waals surface area contributed by atoms with Crippen LogP contribution < -0.4 is 5.32 Å². The Bertz CT molecular complexity index is 1180. The number of nitrogens with one attached hydrogen (secondary N) is 1. The number of aryl methyl sites for hydroxylation is 1. The molecule has 0 bridgehead atoms. The number of hydrogen-bond donors (Lipinski definition) is 1.